The average Bonchev–Trinajstić information content (AvgIpc) is 3.05. The highest BCUT2D eigenvalue weighted by molar-refractivity contribution is 6.30. The van der Waals surface area contributed by atoms with Gasteiger partial charge in [0, 0.05) is 23.6 Å². The first-order chi connectivity index (χ1) is 13.3. The molecule has 27 heavy (non-hydrogen) atoms. The summed E-state index contributed by atoms with van der Waals surface area (Å²) in [5.41, 5.74) is 2.97. The van der Waals surface area contributed by atoms with Gasteiger partial charge in [0.1, 0.15) is 0 Å². The largest absolute Gasteiger partial charge is 0.274 e. The molecule has 0 spiro atoms. The molecular formula is C24H17NO2. The van der Waals surface area contributed by atoms with Crippen LogP contribution in [-0.2, 0) is 9.59 Å². The third kappa shape index (κ3) is 2.36. The van der Waals surface area contributed by atoms with Crippen LogP contribution in [0.1, 0.15) is 12.8 Å². The van der Waals surface area contributed by atoms with Gasteiger partial charge >= 0.3 is 0 Å². The van der Waals surface area contributed by atoms with Gasteiger partial charge in [0.2, 0.25) is 11.8 Å². The molecule has 4 aromatic rings. The van der Waals surface area contributed by atoms with Crippen LogP contribution in [0.5, 0.6) is 0 Å². The highest BCUT2D eigenvalue weighted by atomic mass is 16.2. The van der Waals surface area contributed by atoms with Gasteiger partial charge in [-0.15, -0.1) is 0 Å². The van der Waals surface area contributed by atoms with Crippen molar-refractivity contribution in [1.82, 2.24) is 0 Å². The minimum Gasteiger partial charge on any atom is -0.274 e. The van der Waals surface area contributed by atoms with Gasteiger partial charge in [-0.25, -0.2) is 4.90 Å². The van der Waals surface area contributed by atoms with E-state index in [1.807, 2.05) is 54.6 Å². The van der Waals surface area contributed by atoms with Crippen molar-refractivity contribution in [2.75, 3.05) is 4.90 Å². The van der Waals surface area contributed by atoms with E-state index in [0.717, 1.165) is 32.7 Å². The zero-order valence-electron chi connectivity index (χ0n) is 14.7. The van der Waals surface area contributed by atoms with E-state index in [1.54, 1.807) is 0 Å². The molecule has 1 aliphatic heterocycles. The van der Waals surface area contributed by atoms with E-state index in [2.05, 4.69) is 24.3 Å². The lowest BCUT2D eigenvalue weighted by Gasteiger charge is -2.22. The van der Waals surface area contributed by atoms with Crippen molar-refractivity contribution in [3.8, 4) is 11.1 Å². The van der Waals surface area contributed by atoms with Crippen LogP contribution in [0.25, 0.3) is 32.7 Å². The molecule has 1 heterocycles. The molecule has 3 nitrogen and oxygen atoms in total. The molecule has 130 valence electrons. The van der Waals surface area contributed by atoms with Crippen molar-refractivity contribution in [1.29, 1.82) is 0 Å². The van der Waals surface area contributed by atoms with Gasteiger partial charge in [0.25, 0.3) is 0 Å². The summed E-state index contributed by atoms with van der Waals surface area (Å²) in [4.78, 5) is 26.5. The van der Waals surface area contributed by atoms with Gasteiger partial charge in [-0.05, 0) is 21.9 Å². The summed E-state index contributed by atoms with van der Waals surface area (Å²) in [6, 6.07) is 26.3. The van der Waals surface area contributed by atoms with Crippen LogP contribution in [0.4, 0.5) is 5.69 Å². The Morgan fingerprint density at radius 2 is 1.00 bits per heavy atom. The van der Waals surface area contributed by atoms with E-state index in [0.29, 0.717) is 5.69 Å². The maximum atomic E-state index is 12.5. The standard InChI is InChI=1S/C24H17NO2/c26-21-14-15-22(27)25(21)24-19-12-6-4-10-17(19)23(16-8-2-1-3-9-16)18-11-5-7-13-20(18)24/h1-13H,14-15H2. The van der Waals surface area contributed by atoms with Gasteiger partial charge in [0.05, 0.1) is 5.69 Å². The second-order valence-electron chi connectivity index (χ2n) is 6.80. The quantitative estimate of drug-likeness (QED) is 0.362. The van der Waals surface area contributed by atoms with Crippen LogP contribution in [0.3, 0.4) is 0 Å². The lowest BCUT2D eigenvalue weighted by Crippen LogP contribution is -2.29. The van der Waals surface area contributed by atoms with Crippen molar-refractivity contribution in [3.05, 3.63) is 78.9 Å². The fraction of sp³-hybridized carbons (Fsp3) is 0.0833. The van der Waals surface area contributed by atoms with Gasteiger partial charge in [-0.3, -0.25) is 9.59 Å². The Hall–Kier alpha value is -3.46. The maximum Gasteiger partial charge on any atom is 0.234 e. The second-order valence-corrected chi connectivity index (χ2v) is 6.80. The number of fused-ring (bicyclic) bond motifs is 2. The highest BCUT2D eigenvalue weighted by Gasteiger charge is 2.33. The second kappa shape index (κ2) is 6.06. The monoisotopic (exact) mass is 351 g/mol. The van der Waals surface area contributed by atoms with Crippen LogP contribution in [0.2, 0.25) is 0 Å². The maximum absolute atomic E-state index is 12.5. The molecule has 1 fully saturated rings. The van der Waals surface area contributed by atoms with Crippen molar-refractivity contribution < 1.29 is 9.59 Å². The topological polar surface area (TPSA) is 37.4 Å². The number of hydrogen-bond donors (Lipinski definition) is 0. The first-order valence-electron chi connectivity index (χ1n) is 9.10. The van der Waals surface area contributed by atoms with Crippen molar-refractivity contribution in [2.45, 2.75) is 12.8 Å². The summed E-state index contributed by atoms with van der Waals surface area (Å²) in [6.07, 6.45) is 0.559. The SMILES string of the molecule is O=C1CCC(=O)N1c1c2ccccc2c(-c2ccccc2)c2ccccc12. The van der Waals surface area contributed by atoms with E-state index in [9.17, 15) is 9.59 Å². The van der Waals surface area contributed by atoms with E-state index >= 15 is 0 Å². The van der Waals surface area contributed by atoms with Crippen molar-refractivity contribution >= 4 is 39.0 Å². The molecule has 2 amide bonds. The summed E-state index contributed by atoms with van der Waals surface area (Å²) in [5.74, 6) is -0.245. The van der Waals surface area contributed by atoms with Gasteiger partial charge in [-0.2, -0.15) is 0 Å². The average molecular weight is 351 g/mol. The normalized spacial score (nSPS) is 14.4. The molecule has 5 rings (SSSR count). The first-order valence-corrected chi connectivity index (χ1v) is 9.10. The Kier molecular flexibility index (Phi) is 3.54. The molecule has 3 heteroatoms. The van der Waals surface area contributed by atoms with E-state index < -0.39 is 0 Å². The van der Waals surface area contributed by atoms with E-state index in [1.165, 1.54) is 4.90 Å². The molecule has 1 saturated heterocycles. The molecular weight excluding hydrogens is 334 g/mol. The van der Waals surface area contributed by atoms with Gasteiger partial charge < -0.3 is 0 Å². The molecule has 0 atom stereocenters. The number of imide groups is 1. The summed E-state index contributed by atoms with van der Waals surface area (Å²) < 4.78 is 0. The number of carbonyl (C=O) groups excluding carboxylic acids is 2. The molecule has 0 unspecified atom stereocenters. The predicted octanol–water partition coefficient (Wildman–Crippen LogP) is 5.31. The van der Waals surface area contributed by atoms with Gasteiger partial charge in [-0.1, -0.05) is 78.9 Å². The molecule has 0 saturated carbocycles. The fourth-order valence-corrected chi connectivity index (χ4v) is 4.09. The number of amides is 2. The van der Waals surface area contributed by atoms with E-state index in [-0.39, 0.29) is 24.7 Å². The Morgan fingerprint density at radius 3 is 1.52 bits per heavy atom. The minimum atomic E-state index is -0.122. The Balaban J connectivity index is 1.98. The van der Waals surface area contributed by atoms with Crippen molar-refractivity contribution in [3.63, 3.8) is 0 Å². The number of benzene rings is 4. The summed E-state index contributed by atoms with van der Waals surface area (Å²) >= 11 is 0. The number of hydrogen-bond acceptors (Lipinski definition) is 2. The van der Waals surface area contributed by atoms with Crippen LogP contribution in [0.15, 0.2) is 78.9 Å². The number of nitrogens with zero attached hydrogens (tertiary/aromatic N) is 1. The molecule has 0 radical (unpaired) electrons. The summed E-state index contributed by atoms with van der Waals surface area (Å²) in [6.45, 7) is 0. The Morgan fingerprint density at radius 1 is 0.556 bits per heavy atom. The lowest BCUT2D eigenvalue weighted by molar-refractivity contribution is -0.121. The summed E-state index contributed by atoms with van der Waals surface area (Å²) in [7, 11) is 0. The minimum absolute atomic E-state index is 0.122. The molecule has 4 aromatic carbocycles. The number of carbonyl (C=O) groups is 2. The number of rotatable bonds is 2. The van der Waals surface area contributed by atoms with Crippen LogP contribution < -0.4 is 4.90 Å². The van der Waals surface area contributed by atoms with Crippen LogP contribution in [0, 0.1) is 0 Å². The third-order valence-corrected chi connectivity index (χ3v) is 5.24. The first kappa shape index (κ1) is 15.8. The molecule has 0 aliphatic carbocycles. The predicted molar refractivity (Wildman–Crippen MR) is 109 cm³/mol. The third-order valence-electron chi connectivity index (χ3n) is 5.24. The summed E-state index contributed by atoms with van der Waals surface area (Å²) in [5, 5.41) is 3.95. The highest BCUT2D eigenvalue weighted by Crippen LogP contribution is 2.44. The Bertz CT molecular complexity index is 1140. The van der Waals surface area contributed by atoms with Crippen LogP contribution >= 0.6 is 0 Å². The Labute approximate surface area is 156 Å². The smallest absolute Gasteiger partial charge is 0.234 e. The van der Waals surface area contributed by atoms with E-state index in [4.69, 9.17) is 0 Å². The van der Waals surface area contributed by atoms with Crippen LogP contribution in [-0.4, -0.2) is 11.8 Å². The zero-order valence-corrected chi connectivity index (χ0v) is 14.7. The molecule has 0 aromatic heterocycles. The fourth-order valence-electron chi connectivity index (χ4n) is 4.09. The molecule has 0 bridgehead atoms. The lowest BCUT2D eigenvalue weighted by atomic mass is 9.90. The van der Waals surface area contributed by atoms with Crippen molar-refractivity contribution in [2.24, 2.45) is 0 Å². The number of anilines is 1. The molecule has 1 aliphatic rings. The van der Waals surface area contributed by atoms with Gasteiger partial charge in [0.15, 0.2) is 0 Å². The molecule has 0 N–H and O–H groups in total. The zero-order chi connectivity index (χ0) is 18.4.